The highest BCUT2D eigenvalue weighted by Crippen LogP contribution is 2.29. The number of H-pyrrole nitrogens is 1. The molecule has 0 spiro atoms. The van der Waals surface area contributed by atoms with Crippen molar-refractivity contribution >= 4 is 57.2 Å². The molecule has 1 aliphatic rings. The Labute approximate surface area is 187 Å². The maximum atomic E-state index is 12.5. The highest BCUT2D eigenvalue weighted by Gasteiger charge is 2.22. The number of anilines is 2. The Bertz CT molecular complexity index is 1070. The van der Waals surface area contributed by atoms with E-state index in [9.17, 15) is 9.59 Å². The summed E-state index contributed by atoms with van der Waals surface area (Å²) in [5.41, 5.74) is 2.80. The second-order valence-corrected chi connectivity index (χ2v) is 9.58. The minimum Gasteiger partial charge on any atom is -0.356 e. The molecule has 1 amide bonds. The largest absolute Gasteiger partial charge is 0.356 e. The van der Waals surface area contributed by atoms with Gasteiger partial charge in [-0.2, -0.15) is 0 Å². The first-order chi connectivity index (χ1) is 14.5. The fourth-order valence-corrected chi connectivity index (χ4v) is 4.94. The third-order valence-corrected chi connectivity index (χ3v) is 7.16. The predicted molar refractivity (Wildman–Crippen MR) is 120 cm³/mol. The Morgan fingerprint density at radius 1 is 1.27 bits per heavy atom. The minimum atomic E-state index is -0.0632. The van der Waals surface area contributed by atoms with Gasteiger partial charge in [-0.1, -0.05) is 40.8 Å². The molecule has 1 aliphatic heterocycles. The van der Waals surface area contributed by atoms with Gasteiger partial charge in [0.2, 0.25) is 5.13 Å². The molecule has 2 aromatic heterocycles. The number of carbonyl (C=O) groups is 2. The number of carbonyl (C=O) groups excluding carboxylic acids is 2. The molecular formula is C20H20ClN5O2S2. The number of likely N-dealkylation sites (tertiary alicyclic amines) is 1. The van der Waals surface area contributed by atoms with Gasteiger partial charge >= 0.3 is 0 Å². The van der Waals surface area contributed by atoms with Crippen LogP contribution in [0.15, 0.2) is 34.8 Å². The van der Waals surface area contributed by atoms with Crippen molar-refractivity contribution in [2.24, 2.45) is 0 Å². The number of ketones is 1. The number of nitrogens with one attached hydrogen (secondary N) is 2. The molecule has 0 atom stereocenters. The van der Waals surface area contributed by atoms with Crippen LogP contribution in [0.2, 0.25) is 5.02 Å². The van der Waals surface area contributed by atoms with Crippen molar-refractivity contribution in [1.29, 1.82) is 0 Å². The quantitative estimate of drug-likeness (QED) is 0.388. The maximum Gasteiger partial charge on any atom is 0.270 e. The topological polar surface area (TPSA) is 91.0 Å². The van der Waals surface area contributed by atoms with Crippen LogP contribution in [0.4, 0.5) is 10.8 Å². The van der Waals surface area contributed by atoms with Gasteiger partial charge in [0.25, 0.3) is 5.91 Å². The molecule has 7 nitrogen and oxygen atoms in total. The Morgan fingerprint density at radius 2 is 2.07 bits per heavy atom. The number of hydrogen-bond acceptors (Lipinski definition) is 7. The zero-order valence-corrected chi connectivity index (χ0v) is 18.7. The van der Waals surface area contributed by atoms with Gasteiger partial charge in [-0.25, -0.2) is 0 Å². The number of halogens is 1. The average molecular weight is 462 g/mol. The van der Waals surface area contributed by atoms with Gasteiger partial charge in [-0.15, -0.1) is 10.2 Å². The van der Waals surface area contributed by atoms with E-state index in [1.807, 2.05) is 30.0 Å². The van der Waals surface area contributed by atoms with Gasteiger partial charge in [-0.05, 0) is 43.5 Å². The lowest BCUT2D eigenvalue weighted by atomic mass is 10.2. The van der Waals surface area contributed by atoms with E-state index in [4.69, 9.17) is 11.6 Å². The highest BCUT2D eigenvalue weighted by atomic mass is 35.5. The van der Waals surface area contributed by atoms with Crippen molar-refractivity contribution in [3.8, 4) is 0 Å². The van der Waals surface area contributed by atoms with Crippen molar-refractivity contribution in [2.45, 2.75) is 24.1 Å². The molecule has 0 unspecified atom stereocenters. The molecule has 3 aromatic rings. The third-order valence-electron chi connectivity index (χ3n) is 4.78. The summed E-state index contributed by atoms with van der Waals surface area (Å²) in [6, 6.07) is 7.32. The second kappa shape index (κ2) is 9.20. The molecule has 30 heavy (non-hydrogen) atoms. The standard InChI is InChI=1S/C20H20ClN5O2S2/c1-12-4-5-14(9-15(12)21)23-19-24-25-20(30-19)29-11-17(27)13-8-16(22-10-13)18(28)26-6-2-3-7-26/h4-5,8-10,22H,2-3,6-7,11H2,1H3,(H,23,24). The summed E-state index contributed by atoms with van der Waals surface area (Å²) in [4.78, 5) is 29.6. The molecular weight excluding hydrogens is 442 g/mol. The molecule has 0 saturated carbocycles. The molecule has 0 bridgehead atoms. The summed E-state index contributed by atoms with van der Waals surface area (Å²) in [5.74, 6) is 0.113. The normalized spacial score (nSPS) is 13.6. The first-order valence-electron chi connectivity index (χ1n) is 9.50. The molecule has 2 N–H and O–H groups in total. The first-order valence-corrected chi connectivity index (χ1v) is 11.7. The van der Waals surface area contributed by atoms with Crippen molar-refractivity contribution in [1.82, 2.24) is 20.1 Å². The molecule has 0 aliphatic carbocycles. The Kier molecular flexibility index (Phi) is 6.40. The van der Waals surface area contributed by atoms with Crippen LogP contribution < -0.4 is 5.32 Å². The number of amides is 1. The number of thioether (sulfide) groups is 1. The van der Waals surface area contributed by atoms with Crippen LogP contribution in [0.1, 0.15) is 39.3 Å². The van der Waals surface area contributed by atoms with E-state index in [-0.39, 0.29) is 17.4 Å². The highest BCUT2D eigenvalue weighted by molar-refractivity contribution is 8.01. The predicted octanol–water partition coefficient (Wildman–Crippen LogP) is 4.78. The van der Waals surface area contributed by atoms with Crippen molar-refractivity contribution in [2.75, 3.05) is 24.2 Å². The molecule has 3 heterocycles. The van der Waals surface area contributed by atoms with Crippen LogP contribution in [0.25, 0.3) is 0 Å². The van der Waals surface area contributed by atoms with E-state index in [2.05, 4.69) is 20.5 Å². The van der Waals surface area contributed by atoms with Gasteiger partial charge in [-0.3, -0.25) is 9.59 Å². The van der Waals surface area contributed by atoms with E-state index in [0.29, 0.717) is 25.8 Å². The van der Waals surface area contributed by atoms with Crippen LogP contribution >= 0.6 is 34.7 Å². The summed E-state index contributed by atoms with van der Waals surface area (Å²) in [6.07, 6.45) is 3.66. The molecule has 1 aromatic carbocycles. The van der Waals surface area contributed by atoms with E-state index in [1.165, 1.54) is 23.1 Å². The lowest BCUT2D eigenvalue weighted by Gasteiger charge is -2.13. The minimum absolute atomic E-state index is 0.0461. The van der Waals surface area contributed by atoms with Gasteiger partial charge in [0.15, 0.2) is 10.1 Å². The van der Waals surface area contributed by atoms with Gasteiger partial charge < -0.3 is 15.2 Å². The number of aryl methyl sites for hydroxylation is 1. The lowest BCUT2D eigenvalue weighted by Crippen LogP contribution is -2.27. The smallest absolute Gasteiger partial charge is 0.270 e. The average Bonchev–Trinajstić information content (AvgIpc) is 3.50. The fraction of sp³-hybridized carbons (Fsp3) is 0.300. The number of aromatic nitrogens is 3. The number of rotatable bonds is 7. The number of aromatic amines is 1. The van der Waals surface area contributed by atoms with Gasteiger partial charge in [0.05, 0.1) is 5.75 Å². The monoisotopic (exact) mass is 461 g/mol. The van der Waals surface area contributed by atoms with Crippen molar-refractivity contribution < 1.29 is 9.59 Å². The molecule has 4 rings (SSSR count). The Hall–Kier alpha value is -2.36. The fourth-order valence-electron chi connectivity index (χ4n) is 3.09. The van der Waals surface area contributed by atoms with E-state index < -0.39 is 0 Å². The third kappa shape index (κ3) is 4.85. The van der Waals surface area contributed by atoms with Crippen LogP contribution in [-0.4, -0.2) is 50.6 Å². The summed E-state index contributed by atoms with van der Waals surface area (Å²) >= 11 is 8.84. The lowest BCUT2D eigenvalue weighted by molar-refractivity contribution is 0.0787. The number of hydrogen-bond donors (Lipinski definition) is 2. The molecule has 156 valence electrons. The van der Waals surface area contributed by atoms with Crippen LogP contribution in [0.5, 0.6) is 0 Å². The summed E-state index contributed by atoms with van der Waals surface area (Å²) in [7, 11) is 0. The van der Waals surface area contributed by atoms with E-state index in [0.717, 1.165) is 37.2 Å². The van der Waals surface area contributed by atoms with Crippen molar-refractivity contribution in [3.63, 3.8) is 0 Å². The summed E-state index contributed by atoms with van der Waals surface area (Å²) in [6.45, 7) is 3.50. The second-order valence-electron chi connectivity index (χ2n) is 6.98. The Morgan fingerprint density at radius 3 is 2.83 bits per heavy atom. The van der Waals surface area contributed by atoms with Gasteiger partial charge in [0.1, 0.15) is 5.69 Å². The van der Waals surface area contributed by atoms with E-state index in [1.54, 1.807) is 12.3 Å². The summed E-state index contributed by atoms with van der Waals surface area (Å²) in [5, 5.41) is 12.7. The van der Waals surface area contributed by atoms with Crippen LogP contribution in [-0.2, 0) is 0 Å². The number of Topliss-reactive ketones (excluding diaryl/α,β-unsaturated/α-hetero) is 1. The van der Waals surface area contributed by atoms with Crippen molar-refractivity contribution in [3.05, 3.63) is 52.3 Å². The number of nitrogens with zero attached hydrogens (tertiary/aromatic N) is 3. The molecule has 1 saturated heterocycles. The van der Waals surface area contributed by atoms with Gasteiger partial charge in [0, 0.05) is 35.6 Å². The zero-order chi connectivity index (χ0) is 21.1. The van der Waals surface area contributed by atoms with E-state index >= 15 is 0 Å². The van der Waals surface area contributed by atoms with Crippen LogP contribution in [0, 0.1) is 6.92 Å². The summed E-state index contributed by atoms with van der Waals surface area (Å²) < 4.78 is 0.688. The SMILES string of the molecule is Cc1ccc(Nc2nnc(SCC(=O)c3c[nH]c(C(=O)N4CCCC4)c3)s2)cc1Cl. The maximum absolute atomic E-state index is 12.5. The number of benzene rings is 1. The van der Waals surface area contributed by atoms with Crippen LogP contribution in [0.3, 0.4) is 0 Å². The Balaban J connectivity index is 1.32. The zero-order valence-electron chi connectivity index (χ0n) is 16.3. The molecule has 10 heteroatoms. The molecule has 0 radical (unpaired) electrons. The molecule has 1 fully saturated rings. The first kappa shape index (κ1) is 20.9.